The Morgan fingerprint density at radius 2 is 2.05 bits per heavy atom. The molecule has 0 amide bonds. The van der Waals surface area contributed by atoms with E-state index in [9.17, 15) is 4.79 Å². The fraction of sp³-hybridized carbons (Fsp3) is 0.167. The zero-order valence-corrected chi connectivity index (χ0v) is 12.4. The van der Waals surface area contributed by atoms with Crippen LogP contribution in [-0.2, 0) is 11.2 Å². The van der Waals surface area contributed by atoms with E-state index < -0.39 is 12.0 Å². The molecule has 0 radical (unpaired) electrons. The Kier molecular flexibility index (Phi) is 3.94. The van der Waals surface area contributed by atoms with Crippen LogP contribution >= 0.6 is 0 Å². The van der Waals surface area contributed by atoms with E-state index in [1.54, 1.807) is 6.07 Å². The number of nitrogens with two attached hydrogens (primary N) is 1. The SMILES string of the molecule is Cc1cccc(OC(=O)[C@@H](N)Cc2c[nH]c3ccccc23)c1. The number of H-pyrrole nitrogens is 1. The van der Waals surface area contributed by atoms with Gasteiger partial charge >= 0.3 is 5.97 Å². The largest absolute Gasteiger partial charge is 0.425 e. The molecule has 22 heavy (non-hydrogen) atoms. The minimum Gasteiger partial charge on any atom is -0.425 e. The summed E-state index contributed by atoms with van der Waals surface area (Å²) in [5.41, 5.74) is 9.09. The number of ether oxygens (including phenoxy) is 1. The van der Waals surface area contributed by atoms with Gasteiger partial charge in [0.05, 0.1) is 0 Å². The van der Waals surface area contributed by atoms with Gasteiger partial charge in [-0.1, -0.05) is 30.3 Å². The highest BCUT2D eigenvalue weighted by Gasteiger charge is 2.18. The Bertz CT molecular complexity index is 807. The topological polar surface area (TPSA) is 68.1 Å². The van der Waals surface area contributed by atoms with Crippen LogP contribution in [0.5, 0.6) is 5.75 Å². The molecule has 3 N–H and O–H groups in total. The van der Waals surface area contributed by atoms with E-state index in [0.717, 1.165) is 22.0 Å². The lowest BCUT2D eigenvalue weighted by atomic mass is 10.1. The number of benzene rings is 2. The predicted molar refractivity (Wildman–Crippen MR) is 86.8 cm³/mol. The average Bonchev–Trinajstić information content (AvgIpc) is 2.90. The van der Waals surface area contributed by atoms with E-state index in [-0.39, 0.29) is 0 Å². The van der Waals surface area contributed by atoms with E-state index in [0.29, 0.717) is 12.2 Å². The molecule has 4 nitrogen and oxygen atoms in total. The van der Waals surface area contributed by atoms with Crippen molar-refractivity contribution in [2.45, 2.75) is 19.4 Å². The minimum absolute atomic E-state index is 0.420. The highest BCUT2D eigenvalue weighted by atomic mass is 16.5. The molecular formula is C18H18N2O2. The van der Waals surface area contributed by atoms with Crippen molar-refractivity contribution in [1.29, 1.82) is 0 Å². The third-order valence-corrected chi connectivity index (χ3v) is 3.63. The number of carbonyl (C=O) groups is 1. The number of para-hydroxylation sites is 1. The van der Waals surface area contributed by atoms with Gasteiger partial charge in [-0.3, -0.25) is 0 Å². The third-order valence-electron chi connectivity index (χ3n) is 3.63. The van der Waals surface area contributed by atoms with Crippen LogP contribution in [0.25, 0.3) is 10.9 Å². The molecule has 0 bridgehead atoms. The normalized spacial score (nSPS) is 12.3. The highest BCUT2D eigenvalue weighted by molar-refractivity contribution is 5.85. The van der Waals surface area contributed by atoms with Crippen LogP contribution in [0.4, 0.5) is 0 Å². The fourth-order valence-electron chi connectivity index (χ4n) is 2.49. The summed E-state index contributed by atoms with van der Waals surface area (Å²) in [5.74, 6) is 0.107. The molecule has 1 atom stereocenters. The zero-order chi connectivity index (χ0) is 15.5. The number of fused-ring (bicyclic) bond motifs is 1. The van der Waals surface area contributed by atoms with Gasteiger partial charge in [0.2, 0.25) is 0 Å². The number of aryl methyl sites for hydroxylation is 1. The smallest absolute Gasteiger partial charge is 0.328 e. The monoisotopic (exact) mass is 294 g/mol. The number of hydrogen-bond acceptors (Lipinski definition) is 3. The molecule has 3 rings (SSSR count). The Labute approximate surface area is 128 Å². The third kappa shape index (κ3) is 3.02. The second-order valence-electron chi connectivity index (χ2n) is 5.41. The van der Waals surface area contributed by atoms with Gasteiger partial charge in [-0.05, 0) is 36.2 Å². The molecule has 0 saturated heterocycles. The van der Waals surface area contributed by atoms with E-state index in [2.05, 4.69) is 4.98 Å². The van der Waals surface area contributed by atoms with Gasteiger partial charge in [-0.25, -0.2) is 4.79 Å². The second kappa shape index (κ2) is 6.03. The van der Waals surface area contributed by atoms with E-state index in [1.807, 2.05) is 55.6 Å². The van der Waals surface area contributed by atoms with Crippen molar-refractivity contribution >= 4 is 16.9 Å². The van der Waals surface area contributed by atoms with Crippen molar-refractivity contribution in [1.82, 2.24) is 4.98 Å². The summed E-state index contributed by atoms with van der Waals surface area (Å²) >= 11 is 0. The summed E-state index contributed by atoms with van der Waals surface area (Å²) in [5, 5.41) is 1.08. The lowest BCUT2D eigenvalue weighted by molar-refractivity contribution is -0.135. The van der Waals surface area contributed by atoms with E-state index >= 15 is 0 Å². The van der Waals surface area contributed by atoms with Crippen LogP contribution in [0.2, 0.25) is 0 Å². The molecule has 0 saturated carbocycles. The number of aromatic amines is 1. The molecule has 4 heteroatoms. The van der Waals surface area contributed by atoms with Crippen molar-refractivity contribution in [2.24, 2.45) is 5.73 Å². The average molecular weight is 294 g/mol. The first kappa shape index (κ1) is 14.4. The Hall–Kier alpha value is -2.59. The molecule has 112 valence electrons. The number of aromatic nitrogens is 1. The Morgan fingerprint density at radius 3 is 2.86 bits per heavy atom. The van der Waals surface area contributed by atoms with Crippen LogP contribution in [0, 0.1) is 6.92 Å². The summed E-state index contributed by atoms with van der Waals surface area (Å²) in [6, 6.07) is 14.6. The van der Waals surface area contributed by atoms with Gasteiger partial charge in [0.1, 0.15) is 11.8 Å². The van der Waals surface area contributed by atoms with Gasteiger partial charge < -0.3 is 15.5 Å². The molecule has 2 aromatic carbocycles. The molecule has 1 aromatic heterocycles. The quantitative estimate of drug-likeness (QED) is 0.574. The van der Waals surface area contributed by atoms with Crippen molar-refractivity contribution in [3.63, 3.8) is 0 Å². The lowest BCUT2D eigenvalue weighted by Gasteiger charge is -2.11. The summed E-state index contributed by atoms with van der Waals surface area (Å²) in [6.45, 7) is 1.95. The van der Waals surface area contributed by atoms with E-state index in [4.69, 9.17) is 10.5 Å². The number of hydrogen-bond donors (Lipinski definition) is 2. The van der Waals surface area contributed by atoms with Gasteiger partial charge in [0.15, 0.2) is 0 Å². The van der Waals surface area contributed by atoms with Crippen LogP contribution in [0.3, 0.4) is 0 Å². The molecule has 0 aliphatic carbocycles. The number of rotatable bonds is 4. The van der Waals surface area contributed by atoms with Gasteiger partial charge in [-0.2, -0.15) is 0 Å². The molecule has 0 aliphatic rings. The first-order valence-corrected chi connectivity index (χ1v) is 7.22. The van der Waals surface area contributed by atoms with Gasteiger partial charge in [0, 0.05) is 23.5 Å². The molecule has 0 aliphatic heterocycles. The zero-order valence-electron chi connectivity index (χ0n) is 12.4. The van der Waals surface area contributed by atoms with E-state index in [1.165, 1.54) is 0 Å². The van der Waals surface area contributed by atoms with Crippen molar-refractivity contribution in [3.05, 3.63) is 65.9 Å². The first-order valence-electron chi connectivity index (χ1n) is 7.22. The molecule has 0 spiro atoms. The van der Waals surface area contributed by atoms with Gasteiger partial charge in [-0.15, -0.1) is 0 Å². The van der Waals surface area contributed by atoms with Crippen LogP contribution in [-0.4, -0.2) is 17.0 Å². The van der Waals surface area contributed by atoms with Crippen LogP contribution in [0.1, 0.15) is 11.1 Å². The summed E-state index contributed by atoms with van der Waals surface area (Å²) in [6.07, 6.45) is 2.33. The summed E-state index contributed by atoms with van der Waals surface area (Å²) in [4.78, 5) is 15.3. The first-order chi connectivity index (χ1) is 10.6. The predicted octanol–water partition coefficient (Wildman–Crippen LogP) is 2.95. The van der Waals surface area contributed by atoms with Gasteiger partial charge in [0.25, 0.3) is 0 Å². The standard InChI is InChI=1S/C18H18N2O2/c1-12-5-4-6-14(9-12)22-18(21)16(19)10-13-11-20-17-8-3-2-7-15(13)17/h2-9,11,16,20H,10,19H2,1H3/t16-/m0/s1. The maximum atomic E-state index is 12.1. The maximum Gasteiger partial charge on any atom is 0.328 e. The van der Waals surface area contributed by atoms with Crippen molar-refractivity contribution in [3.8, 4) is 5.75 Å². The van der Waals surface area contributed by atoms with Crippen molar-refractivity contribution in [2.75, 3.05) is 0 Å². The number of esters is 1. The van der Waals surface area contributed by atoms with Crippen LogP contribution in [0.15, 0.2) is 54.7 Å². The molecule has 0 unspecified atom stereocenters. The maximum absolute atomic E-state index is 12.1. The number of carbonyl (C=O) groups excluding carboxylic acids is 1. The number of nitrogens with one attached hydrogen (secondary N) is 1. The van der Waals surface area contributed by atoms with Crippen LogP contribution < -0.4 is 10.5 Å². The highest BCUT2D eigenvalue weighted by Crippen LogP contribution is 2.19. The minimum atomic E-state index is -0.695. The Balaban J connectivity index is 1.71. The Morgan fingerprint density at radius 1 is 1.23 bits per heavy atom. The molecular weight excluding hydrogens is 276 g/mol. The summed E-state index contributed by atoms with van der Waals surface area (Å²) < 4.78 is 5.34. The summed E-state index contributed by atoms with van der Waals surface area (Å²) in [7, 11) is 0. The second-order valence-corrected chi connectivity index (χ2v) is 5.41. The fourth-order valence-corrected chi connectivity index (χ4v) is 2.49. The molecule has 3 aromatic rings. The molecule has 0 fully saturated rings. The molecule has 1 heterocycles. The van der Waals surface area contributed by atoms with Crippen molar-refractivity contribution < 1.29 is 9.53 Å². The lowest BCUT2D eigenvalue weighted by Crippen LogP contribution is -2.36.